The number of guanidine groups is 2. The van der Waals surface area contributed by atoms with Gasteiger partial charge in [-0.1, -0.05) is 13.8 Å². The van der Waals surface area contributed by atoms with E-state index in [1.165, 1.54) is 7.05 Å². The van der Waals surface area contributed by atoms with E-state index >= 15 is 0 Å². The molecule has 7 N–H and O–H groups in total. The average molecular weight is 417 g/mol. The van der Waals surface area contributed by atoms with E-state index in [1.54, 1.807) is 20.8 Å². The van der Waals surface area contributed by atoms with Gasteiger partial charge in [0.15, 0.2) is 11.9 Å². The molecule has 0 aliphatic heterocycles. The van der Waals surface area contributed by atoms with Crippen molar-refractivity contribution in [1.29, 1.82) is 0 Å². The van der Waals surface area contributed by atoms with Crippen LogP contribution in [-0.2, 0) is 23.8 Å². The largest absolute Gasteiger partial charge is 0.464 e. The number of ether oxygens (including phenoxy) is 3. The third kappa shape index (κ3) is 11.1. The molecule has 0 bridgehead atoms. The van der Waals surface area contributed by atoms with E-state index in [4.69, 9.17) is 31.4 Å². The van der Waals surface area contributed by atoms with Gasteiger partial charge < -0.3 is 36.7 Å². The molecule has 0 fully saturated rings. The molecule has 11 nitrogen and oxygen atoms in total. The molecular weight excluding hydrogens is 380 g/mol. The quantitative estimate of drug-likeness (QED) is 0.183. The van der Waals surface area contributed by atoms with Gasteiger partial charge in [-0.2, -0.15) is 0 Å². The van der Waals surface area contributed by atoms with Crippen molar-refractivity contribution in [2.75, 3.05) is 33.4 Å². The zero-order valence-corrected chi connectivity index (χ0v) is 18.2. The first kappa shape index (κ1) is 26.4. The summed E-state index contributed by atoms with van der Waals surface area (Å²) in [6, 6.07) is 0. The minimum atomic E-state index is -1.21. The molecule has 2 unspecified atom stereocenters. The van der Waals surface area contributed by atoms with Crippen molar-refractivity contribution in [3.05, 3.63) is 0 Å². The molecule has 0 aromatic heterocycles. The van der Waals surface area contributed by atoms with Gasteiger partial charge in [0.1, 0.15) is 18.1 Å². The summed E-state index contributed by atoms with van der Waals surface area (Å²) in [5, 5.41) is 2.81. The van der Waals surface area contributed by atoms with Crippen LogP contribution in [-0.4, -0.2) is 69.4 Å². The van der Waals surface area contributed by atoms with Gasteiger partial charge in [-0.25, -0.2) is 4.99 Å². The zero-order valence-electron chi connectivity index (χ0n) is 18.2. The molecule has 0 spiro atoms. The molecule has 29 heavy (non-hydrogen) atoms. The fourth-order valence-corrected chi connectivity index (χ4v) is 1.85. The highest BCUT2D eigenvalue weighted by Gasteiger charge is 2.39. The first-order chi connectivity index (χ1) is 13.4. The lowest BCUT2D eigenvalue weighted by Crippen LogP contribution is -2.46. The predicted molar refractivity (Wildman–Crippen MR) is 111 cm³/mol. The fourth-order valence-electron chi connectivity index (χ4n) is 1.85. The Kier molecular flexibility index (Phi) is 11.7. The monoisotopic (exact) mass is 416 g/mol. The van der Waals surface area contributed by atoms with Crippen molar-refractivity contribution in [1.82, 2.24) is 5.32 Å². The van der Waals surface area contributed by atoms with E-state index < -0.39 is 23.5 Å². The number of esters is 2. The number of nitrogens with zero attached hydrogens (tertiary/aromatic N) is 2. The Morgan fingerprint density at radius 2 is 1.72 bits per heavy atom. The first-order valence-corrected chi connectivity index (χ1v) is 9.42. The Balaban J connectivity index is 5.33. The summed E-state index contributed by atoms with van der Waals surface area (Å²) in [5.41, 5.74) is 15.1. The van der Waals surface area contributed by atoms with Crippen LogP contribution in [0.25, 0.3) is 0 Å². The first-order valence-electron chi connectivity index (χ1n) is 9.42. The smallest absolute Gasteiger partial charge is 0.318 e. The van der Waals surface area contributed by atoms with E-state index in [0.717, 1.165) is 0 Å². The second-order valence-corrected chi connectivity index (χ2v) is 7.47. The Bertz CT molecular complexity index is 589. The predicted octanol–water partition coefficient (Wildman–Crippen LogP) is -0.664. The van der Waals surface area contributed by atoms with Crippen LogP contribution >= 0.6 is 0 Å². The molecule has 2 atom stereocenters. The molecule has 0 saturated heterocycles. The molecule has 0 aliphatic carbocycles. The lowest BCUT2D eigenvalue weighted by Gasteiger charge is -2.30. The summed E-state index contributed by atoms with van der Waals surface area (Å²) in [4.78, 5) is 32.5. The number of nitrogens with two attached hydrogens (primary N) is 3. The van der Waals surface area contributed by atoms with Crippen molar-refractivity contribution in [3.8, 4) is 0 Å². The number of carbonyl (C=O) groups is 2. The molecule has 0 heterocycles. The average Bonchev–Trinajstić information content (AvgIpc) is 2.65. The van der Waals surface area contributed by atoms with Crippen LogP contribution in [0.5, 0.6) is 0 Å². The summed E-state index contributed by atoms with van der Waals surface area (Å²) < 4.78 is 16.5. The lowest BCUT2D eigenvalue weighted by molar-refractivity contribution is -0.173. The van der Waals surface area contributed by atoms with Gasteiger partial charge in [0.05, 0.1) is 31.7 Å². The number of carbonyl (C=O) groups excluding carboxylic acids is 2. The van der Waals surface area contributed by atoms with Gasteiger partial charge in [0, 0.05) is 7.05 Å². The van der Waals surface area contributed by atoms with Gasteiger partial charge in [-0.3, -0.25) is 14.6 Å². The summed E-state index contributed by atoms with van der Waals surface area (Å²) >= 11 is 0. The molecule has 0 radical (unpaired) electrons. The minimum absolute atomic E-state index is 0.00980. The van der Waals surface area contributed by atoms with Gasteiger partial charge in [-0.15, -0.1) is 0 Å². The number of nitrogens with one attached hydrogen (secondary N) is 1. The molecule has 168 valence electrons. The molecule has 0 saturated carbocycles. The summed E-state index contributed by atoms with van der Waals surface area (Å²) in [5.74, 6) is -1.32. The van der Waals surface area contributed by atoms with Crippen molar-refractivity contribution >= 4 is 23.9 Å². The highest BCUT2D eigenvalue weighted by Crippen LogP contribution is 2.22. The second kappa shape index (κ2) is 12.8. The van der Waals surface area contributed by atoms with Crippen LogP contribution in [0.15, 0.2) is 9.98 Å². The van der Waals surface area contributed by atoms with E-state index in [2.05, 4.69) is 15.3 Å². The van der Waals surface area contributed by atoms with Crippen LogP contribution in [0, 0.1) is 11.3 Å². The van der Waals surface area contributed by atoms with Crippen molar-refractivity contribution in [2.45, 2.75) is 46.8 Å². The van der Waals surface area contributed by atoms with Gasteiger partial charge in [0.25, 0.3) is 0 Å². The normalized spacial score (nSPS) is 14.8. The zero-order chi connectivity index (χ0) is 22.6. The Morgan fingerprint density at radius 1 is 1.10 bits per heavy atom. The number of aliphatic imine (C=N–C) groups is 2. The molecule has 0 rings (SSSR count). The van der Waals surface area contributed by atoms with Crippen molar-refractivity contribution < 1.29 is 23.8 Å². The Labute approximate surface area is 172 Å². The summed E-state index contributed by atoms with van der Waals surface area (Å²) in [7, 11) is 1.52. The van der Waals surface area contributed by atoms with Crippen LogP contribution in [0.2, 0.25) is 0 Å². The third-order valence-corrected chi connectivity index (χ3v) is 3.74. The standard InChI is InChI=1S/C18H36N6O5/c1-11(2)14(25)28-10-18(5,9-27-12(3)4)15(26)29-13(7-23-16(19)20)8-24-17(21)22-6/h11-13H,7-10H2,1-6H3,(H4,19,20,23)(H3,21,22,24). The third-order valence-electron chi connectivity index (χ3n) is 3.74. The topological polar surface area (TPSA) is 177 Å². The maximum absolute atomic E-state index is 12.9. The molecule has 11 heteroatoms. The number of hydrogen-bond acceptors (Lipinski definition) is 7. The summed E-state index contributed by atoms with van der Waals surface area (Å²) in [6.07, 6.45) is -0.855. The molecule has 0 aromatic carbocycles. The van der Waals surface area contributed by atoms with E-state index in [0.29, 0.717) is 0 Å². The molecule has 0 amide bonds. The Morgan fingerprint density at radius 3 is 2.21 bits per heavy atom. The van der Waals surface area contributed by atoms with Crippen LogP contribution in [0.4, 0.5) is 0 Å². The van der Waals surface area contributed by atoms with Crippen LogP contribution in [0.3, 0.4) is 0 Å². The van der Waals surface area contributed by atoms with Gasteiger partial charge in [-0.05, 0) is 20.8 Å². The maximum atomic E-state index is 12.9. The van der Waals surface area contributed by atoms with E-state index in [-0.39, 0.29) is 50.2 Å². The minimum Gasteiger partial charge on any atom is -0.464 e. The SMILES string of the molecule is CN=C(N)NCC(CN=C(N)N)OC(=O)C(C)(COC(=O)C(C)C)COC(C)C. The highest BCUT2D eigenvalue weighted by molar-refractivity contribution is 5.79. The number of rotatable bonds is 12. The summed E-state index contributed by atoms with van der Waals surface area (Å²) in [6.45, 7) is 8.68. The van der Waals surface area contributed by atoms with Gasteiger partial charge >= 0.3 is 11.9 Å². The Hall–Kier alpha value is -2.56. The van der Waals surface area contributed by atoms with E-state index in [9.17, 15) is 9.59 Å². The fraction of sp³-hybridized carbons (Fsp3) is 0.778. The molecular formula is C18H36N6O5. The number of hydrogen-bond donors (Lipinski definition) is 4. The maximum Gasteiger partial charge on any atom is 0.318 e. The molecule has 0 aromatic rings. The lowest BCUT2D eigenvalue weighted by atomic mass is 9.92. The van der Waals surface area contributed by atoms with Crippen LogP contribution < -0.4 is 22.5 Å². The van der Waals surface area contributed by atoms with Crippen molar-refractivity contribution in [3.63, 3.8) is 0 Å². The second-order valence-electron chi connectivity index (χ2n) is 7.47. The highest BCUT2D eigenvalue weighted by atomic mass is 16.6. The van der Waals surface area contributed by atoms with Crippen molar-refractivity contribution in [2.24, 2.45) is 38.5 Å². The van der Waals surface area contributed by atoms with Crippen LogP contribution in [0.1, 0.15) is 34.6 Å². The molecule has 0 aliphatic rings. The van der Waals surface area contributed by atoms with E-state index in [1.807, 2.05) is 13.8 Å². The van der Waals surface area contributed by atoms with Gasteiger partial charge in [0.2, 0.25) is 0 Å².